The molecule has 0 saturated carbocycles. The minimum absolute atomic E-state index is 0.0519. The Hall–Kier alpha value is -1.29. The molecule has 0 bridgehead atoms. The molecule has 0 spiro atoms. The Morgan fingerprint density at radius 2 is 2.25 bits per heavy atom. The number of H-pyrrole nitrogens is 1. The number of fused-ring (bicyclic) bond motifs is 1. The minimum atomic E-state index is 0.0519. The Kier molecular flexibility index (Phi) is 3.01. The van der Waals surface area contributed by atoms with Crippen LogP contribution in [0.5, 0.6) is 0 Å². The van der Waals surface area contributed by atoms with E-state index in [1.165, 1.54) is 0 Å². The lowest BCUT2D eigenvalue weighted by Crippen LogP contribution is -2.25. The van der Waals surface area contributed by atoms with Crippen molar-refractivity contribution in [2.75, 3.05) is 13.6 Å². The molecule has 0 atom stereocenters. The fourth-order valence-corrected chi connectivity index (χ4v) is 1.99. The van der Waals surface area contributed by atoms with E-state index in [1.54, 1.807) is 18.1 Å². The van der Waals surface area contributed by atoms with Gasteiger partial charge in [-0.05, 0) is 19.1 Å². The quantitative estimate of drug-likeness (QED) is 0.902. The van der Waals surface area contributed by atoms with E-state index in [9.17, 15) is 4.79 Å². The first-order chi connectivity index (χ1) is 7.63. The number of benzene rings is 1. The fourth-order valence-electron chi connectivity index (χ4n) is 1.62. The summed E-state index contributed by atoms with van der Waals surface area (Å²) in [6.45, 7) is 2.67. The fraction of sp³-hybridized carbons (Fsp3) is 0.250. The summed E-state index contributed by atoms with van der Waals surface area (Å²) >= 11 is 3.41. The van der Waals surface area contributed by atoms with Crippen molar-refractivity contribution in [2.24, 2.45) is 0 Å². The summed E-state index contributed by atoms with van der Waals surface area (Å²) in [6, 6.07) is 5.86. The van der Waals surface area contributed by atoms with Crippen LogP contribution >= 0.6 is 15.9 Å². The lowest BCUT2D eigenvalue weighted by Gasteiger charge is -2.13. The van der Waals surface area contributed by atoms with Crippen molar-refractivity contribution in [3.05, 3.63) is 34.4 Å². The van der Waals surface area contributed by atoms with Crippen LogP contribution in [0.25, 0.3) is 10.9 Å². The van der Waals surface area contributed by atoms with E-state index in [2.05, 4.69) is 20.9 Å². The van der Waals surface area contributed by atoms with Gasteiger partial charge in [0.2, 0.25) is 0 Å². The molecule has 4 heteroatoms. The third kappa shape index (κ3) is 1.85. The second kappa shape index (κ2) is 4.29. The summed E-state index contributed by atoms with van der Waals surface area (Å²) in [4.78, 5) is 16.8. The van der Waals surface area contributed by atoms with E-state index < -0.39 is 0 Å². The normalized spacial score (nSPS) is 10.7. The molecule has 16 heavy (non-hydrogen) atoms. The smallest absolute Gasteiger partial charge is 0.255 e. The van der Waals surface area contributed by atoms with Crippen LogP contribution in [-0.2, 0) is 0 Å². The maximum atomic E-state index is 12.0. The summed E-state index contributed by atoms with van der Waals surface area (Å²) in [6.07, 6.45) is 1.77. The molecular weight excluding hydrogens is 268 g/mol. The number of nitrogens with one attached hydrogen (secondary N) is 1. The summed E-state index contributed by atoms with van der Waals surface area (Å²) in [7, 11) is 1.81. The van der Waals surface area contributed by atoms with Crippen LogP contribution < -0.4 is 0 Å². The Balaban J connectivity index is 2.50. The molecule has 1 aromatic carbocycles. The van der Waals surface area contributed by atoms with Gasteiger partial charge in [0.15, 0.2) is 0 Å². The van der Waals surface area contributed by atoms with Gasteiger partial charge in [0.1, 0.15) is 0 Å². The van der Waals surface area contributed by atoms with Crippen LogP contribution in [0.3, 0.4) is 0 Å². The number of nitrogens with zero attached hydrogens (tertiary/aromatic N) is 1. The van der Waals surface area contributed by atoms with E-state index in [1.807, 2.05) is 25.1 Å². The average molecular weight is 281 g/mol. The van der Waals surface area contributed by atoms with E-state index in [0.717, 1.165) is 20.9 Å². The van der Waals surface area contributed by atoms with E-state index in [4.69, 9.17) is 0 Å². The van der Waals surface area contributed by atoms with Gasteiger partial charge in [-0.2, -0.15) is 0 Å². The Bertz CT molecular complexity index is 533. The largest absolute Gasteiger partial charge is 0.360 e. The van der Waals surface area contributed by atoms with E-state index in [-0.39, 0.29) is 5.91 Å². The number of amides is 1. The number of aromatic amines is 1. The van der Waals surface area contributed by atoms with Crippen molar-refractivity contribution in [1.29, 1.82) is 0 Å². The molecule has 1 amide bonds. The predicted molar refractivity (Wildman–Crippen MR) is 68.6 cm³/mol. The van der Waals surface area contributed by atoms with E-state index >= 15 is 0 Å². The molecule has 1 N–H and O–H groups in total. The van der Waals surface area contributed by atoms with Gasteiger partial charge in [0.25, 0.3) is 5.91 Å². The Morgan fingerprint density at radius 1 is 1.50 bits per heavy atom. The second-order valence-electron chi connectivity index (χ2n) is 3.71. The van der Waals surface area contributed by atoms with Crippen molar-refractivity contribution in [3.63, 3.8) is 0 Å². The maximum absolute atomic E-state index is 12.0. The molecule has 0 saturated heterocycles. The van der Waals surface area contributed by atoms with Gasteiger partial charge in [-0.25, -0.2) is 0 Å². The van der Waals surface area contributed by atoms with Gasteiger partial charge in [-0.3, -0.25) is 4.79 Å². The molecule has 2 aromatic rings. The lowest BCUT2D eigenvalue weighted by atomic mass is 10.1. The first kappa shape index (κ1) is 11.2. The van der Waals surface area contributed by atoms with Crippen LogP contribution in [0.4, 0.5) is 0 Å². The second-order valence-corrected chi connectivity index (χ2v) is 4.63. The minimum Gasteiger partial charge on any atom is -0.360 e. The molecule has 0 aliphatic carbocycles. The van der Waals surface area contributed by atoms with Crippen molar-refractivity contribution in [2.45, 2.75) is 6.92 Å². The summed E-state index contributed by atoms with van der Waals surface area (Å²) in [5.41, 5.74) is 1.70. The third-order valence-corrected chi connectivity index (χ3v) is 3.19. The Labute approximate surface area is 103 Å². The maximum Gasteiger partial charge on any atom is 0.255 e. The van der Waals surface area contributed by atoms with Gasteiger partial charge in [-0.15, -0.1) is 0 Å². The highest BCUT2D eigenvalue weighted by Crippen LogP contribution is 2.23. The third-order valence-electron chi connectivity index (χ3n) is 2.70. The molecule has 3 nitrogen and oxygen atoms in total. The number of halogens is 1. The number of hydrogen-bond donors (Lipinski definition) is 1. The van der Waals surface area contributed by atoms with Crippen LogP contribution in [0.2, 0.25) is 0 Å². The highest BCUT2D eigenvalue weighted by Gasteiger charge is 2.14. The summed E-state index contributed by atoms with van der Waals surface area (Å²) in [5.74, 6) is 0.0519. The highest BCUT2D eigenvalue weighted by atomic mass is 79.9. The highest BCUT2D eigenvalue weighted by molar-refractivity contribution is 9.10. The van der Waals surface area contributed by atoms with Crippen molar-refractivity contribution in [3.8, 4) is 0 Å². The van der Waals surface area contributed by atoms with Gasteiger partial charge in [-0.1, -0.05) is 22.0 Å². The van der Waals surface area contributed by atoms with Gasteiger partial charge < -0.3 is 9.88 Å². The van der Waals surface area contributed by atoms with Crippen LogP contribution in [-0.4, -0.2) is 29.4 Å². The first-order valence-electron chi connectivity index (χ1n) is 5.15. The van der Waals surface area contributed by atoms with Crippen LogP contribution in [0, 0.1) is 0 Å². The van der Waals surface area contributed by atoms with Gasteiger partial charge >= 0.3 is 0 Å². The van der Waals surface area contributed by atoms with E-state index in [0.29, 0.717) is 6.54 Å². The summed E-state index contributed by atoms with van der Waals surface area (Å²) < 4.78 is 1.00. The topological polar surface area (TPSA) is 36.1 Å². The zero-order valence-electron chi connectivity index (χ0n) is 9.25. The molecule has 0 aliphatic rings. The molecule has 2 rings (SSSR count). The van der Waals surface area contributed by atoms with Crippen LogP contribution in [0.15, 0.2) is 28.9 Å². The number of aromatic nitrogens is 1. The molecule has 1 heterocycles. The molecule has 84 valence electrons. The SMILES string of the molecule is CCN(C)C(=O)c1c[nH]c2cc(Br)ccc12. The van der Waals surface area contributed by atoms with Gasteiger partial charge in [0.05, 0.1) is 5.56 Å². The van der Waals surface area contributed by atoms with Crippen molar-refractivity contribution >= 4 is 32.7 Å². The summed E-state index contributed by atoms with van der Waals surface area (Å²) in [5, 5.41) is 0.966. The number of hydrogen-bond acceptors (Lipinski definition) is 1. The zero-order chi connectivity index (χ0) is 11.7. The predicted octanol–water partition coefficient (Wildman–Crippen LogP) is 3.02. The standard InChI is InChI=1S/C12H13BrN2O/c1-3-15(2)12(16)10-7-14-11-6-8(13)4-5-9(10)11/h4-7,14H,3H2,1-2H3. The number of carbonyl (C=O) groups is 1. The van der Waals surface area contributed by atoms with Crippen LogP contribution in [0.1, 0.15) is 17.3 Å². The number of rotatable bonds is 2. The van der Waals surface area contributed by atoms with Crippen molar-refractivity contribution < 1.29 is 4.79 Å². The molecular formula is C12H13BrN2O. The molecule has 0 unspecified atom stereocenters. The first-order valence-corrected chi connectivity index (χ1v) is 5.95. The monoisotopic (exact) mass is 280 g/mol. The Morgan fingerprint density at radius 3 is 2.94 bits per heavy atom. The zero-order valence-corrected chi connectivity index (χ0v) is 10.8. The van der Waals surface area contributed by atoms with Gasteiger partial charge in [0, 0.05) is 35.2 Å². The van der Waals surface area contributed by atoms with Crippen molar-refractivity contribution in [1.82, 2.24) is 9.88 Å². The lowest BCUT2D eigenvalue weighted by molar-refractivity contribution is 0.0804. The number of carbonyl (C=O) groups excluding carboxylic acids is 1. The molecule has 1 aromatic heterocycles. The molecule has 0 fully saturated rings. The average Bonchev–Trinajstić information content (AvgIpc) is 2.69. The molecule has 0 aliphatic heterocycles. The molecule has 0 radical (unpaired) electrons.